The molecule has 1 aliphatic heterocycles. The molecule has 0 saturated carbocycles. The fraction of sp³-hybridized carbons (Fsp3) is 1.00. The van der Waals surface area contributed by atoms with Crippen molar-refractivity contribution in [3.05, 3.63) is 0 Å². The lowest BCUT2D eigenvalue weighted by molar-refractivity contribution is -0.215. The Balaban J connectivity index is 1.79. The average Bonchev–Trinajstić information content (AvgIpc) is 2.29. The predicted molar refractivity (Wildman–Crippen MR) is 60.4 cm³/mol. The van der Waals surface area contributed by atoms with Crippen LogP contribution >= 0.6 is 15.9 Å². The molecule has 0 aromatic carbocycles. The summed E-state index contributed by atoms with van der Waals surface area (Å²) in [5.74, 6) is 0. The first-order chi connectivity index (χ1) is 7.43. The number of ether oxygens (including phenoxy) is 4. The lowest BCUT2D eigenvalue weighted by atomic mass is 10.4. The Kier molecular flexibility index (Phi) is 8.51. The van der Waals surface area contributed by atoms with E-state index in [1.165, 1.54) is 0 Å². The van der Waals surface area contributed by atoms with Crippen molar-refractivity contribution in [1.82, 2.24) is 0 Å². The van der Waals surface area contributed by atoms with E-state index in [0.29, 0.717) is 33.0 Å². The summed E-state index contributed by atoms with van der Waals surface area (Å²) in [7, 11) is 0. The van der Waals surface area contributed by atoms with Gasteiger partial charge in [-0.15, -0.1) is 0 Å². The minimum atomic E-state index is -0.204. The third-order valence-electron chi connectivity index (χ3n) is 1.99. The van der Waals surface area contributed by atoms with E-state index in [0.717, 1.165) is 24.8 Å². The van der Waals surface area contributed by atoms with Gasteiger partial charge in [-0.25, -0.2) is 0 Å². The second-order valence-corrected chi connectivity index (χ2v) is 4.05. The second-order valence-electron chi connectivity index (χ2n) is 3.25. The summed E-state index contributed by atoms with van der Waals surface area (Å²) in [4.78, 5) is 0. The van der Waals surface area contributed by atoms with Gasteiger partial charge >= 0.3 is 0 Å². The minimum Gasteiger partial charge on any atom is -0.379 e. The number of alkyl halides is 1. The van der Waals surface area contributed by atoms with Crippen LogP contribution in [0.4, 0.5) is 0 Å². The summed E-state index contributed by atoms with van der Waals surface area (Å²) in [5.41, 5.74) is 0. The first-order valence-corrected chi connectivity index (χ1v) is 6.50. The zero-order valence-electron chi connectivity index (χ0n) is 8.95. The minimum absolute atomic E-state index is 0.204. The standard InChI is InChI=1S/C10H19BrO4/c11-3-1-2-4-12-5-7-14-10-9-13-6-8-15-10/h10H,1-9H2. The van der Waals surface area contributed by atoms with Crippen LogP contribution in [0, 0.1) is 0 Å². The zero-order chi connectivity index (χ0) is 10.8. The van der Waals surface area contributed by atoms with Crippen molar-refractivity contribution in [2.45, 2.75) is 19.1 Å². The molecule has 1 rings (SSSR count). The molecule has 1 saturated heterocycles. The fourth-order valence-electron chi connectivity index (χ4n) is 1.20. The van der Waals surface area contributed by atoms with Gasteiger partial charge in [-0.1, -0.05) is 15.9 Å². The van der Waals surface area contributed by atoms with Crippen LogP contribution in [0.25, 0.3) is 0 Å². The third-order valence-corrected chi connectivity index (χ3v) is 2.55. The monoisotopic (exact) mass is 282 g/mol. The number of hydrogen-bond donors (Lipinski definition) is 0. The molecule has 1 heterocycles. The molecule has 0 spiro atoms. The first kappa shape index (κ1) is 13.4. The average molecular weight is 283 g/mol. The van der Waals surface area contributed by atoms with E-state index >= 15 is 0 Å². The van der Waals surface area contributed by atoms with Gasteiger partial charge in [0.25, 0.3) is 0 Å². The highest BCUT2D eigenvalue weighted by Crippen LogP contribution is 2.02. The van der Waals surface area contributed by atoms with Gasteiger partial charge in [-0.3, -0.25) is 0 Å². The molecule has 90 valence electrons. The van der Waals surface area contributed by atoms with Crippen molar-refractivity contribution in [2.24, 2.45) is 0 Å². The molecule has 1 aliphatic rings. The van der Waals surface area contributed by atoms with Crippen LogP contribution in [-0.2, 0) is 18.9 Å². The van der Waals surface area contributed by atoms with Crippen molar-refractivity contribution >= 4 is 15.9 Å². The zero-order valence-corrected chi connectivity index (χ0v) is 10.5. The number of halogens is 1. The molecule has 0 amide bonds. The Bertz CT molecular complexity index is 139. The van der Waals surface area contributed by atoms with Crippen LogP contribution in [0.5, 0.6) is 0 Å². The first-order valence-electron chi connectivity index (χ1n) is 5.38. The van der Waals surface area contributed by atoms with Gasteiger partial charge in [0.15, 0.2) is 6.29 Å². The van der Waals surface area contributed by atoms with Crippen molar-refractivity contribution in [3.8, 4) is 0 Å². The molecule has 5 heteroatoms. The van der Waals surface area contributed by atoms with Crippen LogP contribution in [0.2, 0.25) is 0 Å². The van der Waals surface area contributed by atoms with Gasteiger partial charge in [0.05, 0.1) is 33.0 Å². The molecule has 0 aromatic rings. The molecule has 4 nitrogen and oxygen atoms in total. The molecular weight excluding hydrogens is 264 g/mol. The Morgan fingerprint density at radius 3 is 2.80 bits per heavy atom. The smallest absolute Gasteiger partial charge is 0.181 e. The van der Waals surface area contributed by atoms with E-state index in [2.05, 4.69) is 15.9 Å². The van der Waals surface area contributed by atoms with Crippen LogP contribution < -0.4 is 0 Å². The number of hydrogen-bond acceptors (Lipinski definition) is 4. The molecule has 1 fully saturated rings. The molecule has 0 aromatic heterocycles. The molecule has 0 N–H and O–H groups in total. The van der Waals surface area contributed by atoms with Crippen molar-refractivity contribution in [2.75, 3.05) is 45.0 Å². The van der Waals surface area contributed by atoms with Gasteiger partial charge in [-0.2, -0.15) is 0 Å². The van der Waals surface area contributed by atoms with Crippen LogP contribution in [-0.4, -0.2) is 51.3 Å². The maximum absolute atomic E-state index is 5.41. The summed E-state index contributed by atoms with van der Waals surface area (Å²) in [6, 6.07) is 0. The van der Waals surface area contributed by atoms with Crippen molar-refractivity contribution in [3.63, 3.8) is 0 Å². The molecule has 0 radical (unpaired) electrons. The van der Waals surface area contributed by atoms with E-state index in [1.807, 2.05) is 0 Å². The number of rotatable bonds is 8. The van der Waals surface area contributed by atoms with Crippen molar-refractivity contribution in [1.29, 1.82) is 0 Å². The van der Waals surface area contributed by atoms with Gasteiger partial charge in [-0.05, 0) is 12.8 Å². The molecule has 1 unspecified atom stereocenters. The molecule has 1 atom stereocenters. The summed E-state index contributed by atoms with van der Waals surface area (Å²) >= 11 is 3.37. The Labute approximate surface area is 99.3 Å². The molecule has 0 aliphatic carbocycles. The predicted octanol–water partition coefficient (Wildman–Crippen LogP) is 1.57. The highest BCUT2D eigenvalue weighted by atomic mass is 79.9. The van der Waals surface area contributed by atoms with Gasteiger partial charge < -0.3 is 18.9 Å². The normalized spacial score (nSPS) is 21.8. The highest BCUT2D eigenvalue weighted by Gasteiger charge is 2.13. The van der Waals surface area contributed by atoms with Crippen LogP contribution in [0.1, 0.15) is 12.8 Å². The molecule has 0 bridgehead atoms. The Morgan fingerprint density at radius 2 is 2.07 bits per heavy atom. The van der Waals surface area contributed by atoms with E-state index < -0.39 is 0 Å². The quantitative estimate of drug-likeness (QED) is 0.500. The lowest BCUT2D eigenvalue weighted by Gasteiger charge is -2.22. The lowest BCUT2D eigenvalue weighted by Crippen LogP contribution is -2.31. The van der Waals surface area contributed by atoms with E-state index in [9.17, 15) is 0 Å². The van der Waals surface area contributed by atoms with Gasteiger partial charge in [0.2, 0.25) is 0 Å². The summed E-state index contributed by atoms with van der Waals surface area (Å²) < 4.78 is 21.3. The molecular formula is C10H19BrO4. The van der Waals surface area contributed by atoms with Gasteiger partial charge in [0.1, 0.15) is 0 Å². The van der Waals surface area contributed by atoms with Crippen molar-refractivity contribution < 1.29 is 18.9 Å². The second kappa shape index (κ2) is 9.54. The van der Waals surface area contributed by atoms with Gasteiger partial charge in [0, 0.05) is 11.9 Å². The Hall–Kier alpha value is 0.320. The van der Waals surface area contributed by atoms with E-state index in [-0.39, 0.29) is 6.29 Å². The summed E-state index contributed by atoms with van der Waals surface area (Å²) in [6.45, 7) is 3.82. The summed E-state index contributed by atoms with van der Waals surface area (Å²) in [5, 5.41) is 1.04. The molecule has 15 heavy (non-hydrogen) atoms. The Morgan fingerprint density at radius 1 is 1.13 bits per heavy atom. The van der Waals surface area contributed by atoms with Crippen LogP contribution in [0.3, 0.4) is 0 Å². The topological polar surface area (TPSA) is 36.9 Å². The largest absolute Gasteiger partial charge is 0.379 e. The third kappa shape index (κ3) is 7.25. The van der Waals surface area contributed by atoms with E-state index in [1.54, 1.807) is 0 Å². The fourth-order valence-corrected chi connectivity index (χ4v) is 1.60. The van der Waals surface area contributed by atoms with Crippen LogP contribution in [0.15, 0.2) is 0 Å². The highest BCUT2D eigenvalue weighted by molar-refractivity contribution is 9.09. The van der Waals surface area contributed by atoms with E-state index in [4.69, 9.17) is 18.9 Å². The number of unbranched alkanes of at least 4 members (excludes halogenated alkanes) is 1. The maximum atomic E-state index is 5.41. The SMILES string of the molecule is BrCCCCOCCOC1COCCO1. The maximum Gasteiger partial charge on any atom is 0.181 e. The summed E-state index contributed by atoms with van der Waals surface area (Å²) in [6.07, 6.45) is 2.04.